The molecule has 0 aliphatic carbocycles. The fraction of sp³-hybridized carbons (Fsp3) is 0.316. The summed E-state index contributed by atoms with van der Waals surface area (Å²) < 4.78 is 11.4. The van der Waals surface area contributed by atoms with Gasteiger partial charge in [0.15, 0.2) is 17.5 Å². The van der Waals surface area contributed by atoms with Crippen LogP contribution in [0, 0.1) is 0 Å². The van der Waals surface area contributed by atoms with E-state index in [1.807, 2.05) is 24.3 Å². The Hall–Kier alpha value is -2.69. The lowest BCUT2D eigenvalue weighted by atomic mass is 10.1. The topological polar surface area (TPSA) is 54.9 Å². The molecule has 0 bridgehead atoms. The summed E-state index contributed by atoms with van der Waals surface area (Å²) in [5.41, 5.74) is 2.23. The Morgan fingerprint density at radius 1 is 1.04 bits per heavy atom. The van der Waals surface area contributed by atoms with Crippen LogP contribution in [-0.2, 0) is 6.42 Å². The van der Waals surface area contributed by atoms with E-state index in [0.717, 1.165) is 42.5 Å². The van der Waals surface area contributed by atoms with Crippen LogP contribution in [0.15, 0.2) is 53.5 Å². The van der Waals surface area contributed by atoms with Crippen LogP contribution in [0.3, 0.4) is 0 Å². The number of fused-ring (bicyclic) bond motifs is 1. The summed E-state index contributed by atoms with van der Waals surface area (Å²) in [7, 11) is 1.76. The van der Waals surface area contributed by atoms with E-state index in [1.165, 1.54) is 5.56 Å². The number of nitrogens with one attached hydrogen (secondary N) is 2. The minimum Gasteiger partial charge on any atom is -0.490 e. The summed E-state index contributed by atoms with van der Waals surface area (Å²) in [5, 5.41) is 6.61. The first-order chi connectivity index (χ1) is 11.8. The van der Waals surface area contributed by atoms with Crippen molar-refractivity contribution in [1.82, 2.24) is 5.32 Å². The lowest BCUT2D eigenvalue weighted by molar-refractivity contribution is 0.297. The zero-order valence-electron chi connectivity index (χ0n) is 13.9. The smallest absolute Gasteiger partial charge is 0.195 e. The fourth-order valence-electron chi connectivity index (χ4n) is 2.53. The van der Waals surface area contributed by atoms with Crippen molar-refractivity contribution in [2.24, 2.45) is 4.99 Å². The van der Waals surface area contributed by atoms with Gasteiger partial charge in [-0.15, -0.1) is 0 Å². The molecule has 0 saturated heterocycles. The SMILES string of the molecule is CN=C(NCCc1ccccc1)Nc1ccc2c(c1)OCCCO2. The Kier molecular flexibility index (Phi) is 5.56. The number of aliphatic imine (C=N–C) groups is 1. The van der Waals surface area contributed by atoms with Crippen LogP contribution >= 0.6 is 0 Å². The van der Waals surface area contributed by atoms with E-state index in [2.05, 4.69) is 39.9 Å². The third-order valence-corrected chi connectivity index (χ3v) is 3.78. The Morgan fingerprint density at radius 2 is 1.83 bits per heavy atom. The van der Waals surface area contributed by atoms with Gasteiger partial charge in [0.1, 0.15) is 0 Å². The van der Waals surface area contributed by atoms with Gasteiger partial charge in [-0.25, -0.2) is 0 Å². The number of rotatable bonds is 4. The van der Waals surface area contributed by atoms with E-state index in [9.17, 15) is 0 Å². The maximum atomic E-state index is 5.72. The summed E-state index contributed by atoms with van der Waals surface area (Å²) in [5.74, 6) is 2.31. The lowest BCUT2D eigenvalue weighted by Crippen LogP contribution is -2.32. The maximum Gasteiger partial charge on any atom is 0.195 e. The van der Waals surface area contributed by atoms with E-state index in [-0.39, 0.29) is 0 Å². The van der Waals surface area contributed by atoms with Crippen molar-refractivity contribution in [2.75, 3.05) is 32.1 Å². The highest BCUT2D eigenvalue weighted by Gasteiger charge is 2.11. The quantitative estimate of drug-likeness (QED) is 0.670. The molecule has 5 nitrogen and oxygen atoms in total. The van der Waals surface area contributed by atoms with Crippen LogP contribution in [-0.4, -0.2) is 32.8 Å². The van der Waals surface area contributed by atoms with Gasteiger partial charge in [-0.1, -0.05) is 30.3 Å². The van der Waals surface area contributed by atoms with Crippen LogP contribution in [0.4, 0.5) is 5.69 Å². The van der Waals surface area contributed by atoms with Gasteiger partial charge in [0.25, 0.3) is 0 Å². The minimum absolute atomic E-state index is 0.681. The predicted molar refractivity (Wildman–Crippen MR) is 97.2 cm³/mol. The van der Waals surface area contributed by atoms with Crippen molar-refractivity contribution in [3.8, 4) is 11.5 Å². The van der Waals surface area contributed by atoms with Crippen molar-refractivity contribution < 1.29 is 9.47 Å². The molecule has 1 aliphatic heterocycles. The number of hydrogen-bond donors (Lipinski definition) is 2. The highest BCUT2D eigenvalue weighted by molar-refractivity contribution is 5.93. The molecule has 0 fully saturated rings. The van der Waals surface area contributed by atoms with Crippen LogP contribution in [0.2, 0.25) is 0 Å². The van der Waals surface area contributed by atoms with Gasteiger partial charge in [0.05, 0.1) is 13.2 Å². The molecule has 0 radical (unpaired) electrons. The summed E-state index contributed by atoms with van der Waals surface area (Å²) in [6.07, 6.45) is 1.85. The van der Waals surface area contributed by atoms with E-state index in [0.29, 0.717) is 13.2 Å². The van der Waals surface area contributed by atoms with Crippen molar-refractivity contribution >= 4 is 11.6 Å². The molecule has 0 atom stereocenters. The second-order valence-corrected chi connectivity index (χ2v) is 5.57. The van der Waals surface area contributed by atoms with Crippen LogP contribution in [0.1, 0.15) is 12.0 Å². The molecule has 1 aliphatic rings. The molecule has 2 aromatic rings. The number of nitrogens with zero attached hydrogens (tertiary/aromatic N) is 1. The first kappa shape index (κ1) is 16.2. The van der Waals surface area contributed by atoms with Gasteiger partial charge in [0, 0.05) is 31.8 Å². The van der Waals surface area contributed by atoms with Crippen molar-refractivity contribution in [2.45, 2.75) is 12.8 Å². The molecule has 5 heteroatoms. The Morgan fingerprint density at radius 3 is 2.62 bits per heavy atom. The lowest BCUT2D eigenvalue weighted by Gasteiger charge is -2.14. The second-order valence-electron chi connectivity index (χ2n) is 5.57. The molecule has 0 amide bonds. The number of anilines is 1. The monoisotopic (exact) mass is 325 g/mol. The number of benzene rings is 2. The average Bonchev–Trinajstić information content (AvgIpc) is 2.86. The third kappa shape index (κ3) is 4.41. The van der Waals surface area contributed by atoms with Gasteiger partial charge < -0.3 is 20.1 Å². The molecule has 0 unspecified atom stereocenters. The van der Waals surface area contributed by atoms with Gasteiger partial charge in [0.2, 0.25) is 0 Å². The Balaban J connectivity index is 1.56. The molecular formula is C19H23N3O2. The van der Waals surface area contributed by atoms with E-state index in [1.54, 1.807) is 7.05 Å². The van der Waals surface area contributed by atoms with Crippen molar-refractivity contribution in [3.05, 3.63) is 54.1 Å². The maximum absolute atomic E-state index is 5.72. The number of guanidine groups is 1. The van der Waals surface area contributed by atoms with Gasteiger partial charge in [-0.3, -0.25) is 4.99 Å². The summed E-state index contributed by atoms with van der Waals surface area (Å²) in [6, 6.07) is 16.2. The largest absolute Gasteiger partial charge is 0.490 e. The molecule has 2 aromatic carbocycles. The van der Waals surface area contributed by atoms with E-state index in [4.69, 9.17) is 9.47 Å². The highest BCUT2D eigenvalue weighted by atomic mass is 16.5. The number of hydrogen-bond acceptors (Lipinski definition) is 3. The first-order valence-electron chi connectivity index (χ1n) is 8.26. The average molecular weight is 325 g/mol. The zero-order valence-corrected chi connectivity index (χ0v) is 13.9. The highest BCUT2D eigenvalue weighted by Crippen LogP contribution is 2.32. The van der Waals surface area contributed by atoms with E-state index < -0.39 is 0 Å². The summed E-state index contributed by atoms with van der Waals surface area (Å²) >= 11 is 0. The number of ether oxygens (including phenoxy) is 2. The molecule has 0 saturated carbocycles. The summed E-state index contributed by atoms with van der Waals surface area (Å²) in [4.78, 5) is 4.27. The minimum atomic E-state index is 0.681. The normalized spacial score (nSPS) is 14.0. The molecular weight excluding hydrogens is 302 g/mol. The Labute approximate surface area is 142 Å². The van der Waals surface area contributed by atoms with Gasteiger partial charge in [-0.05, 0) is 24.1 Å². The standard InChI is InChI=1S/C19H23N3O2/c1-20-19(21-11-10-15-6-3-2-4-7-15)22-16-8-9-17-18(14-16)24-13-5-12-23-17/h2-4,6-9,14H,5,10-13H2,1H3,(H2,20,21,22). The Bertz CT molecular complexity index is 686. The van der Waals surface area contributed by atoms with Crippen LogP contribution in [0.5, 0.6) is 11.5 Å². The van der Waals surface area contributed by atoms with Crippen LogP contribution in [0.25, 0.3) is 0 Å². The molecule has 24 heavy (non-hydrogen) atoms. The fourth-order valence-corrected chi connectivity index (χ4v) is 2.53. The molecule has 126 valence electrons. The molecule has 1 heterocycles. The van der Waals surface area contributed by atoms with Crippen molar-refractivity contribution in [3.63, 3.8) is 0 Å². The van der Waals surface area contributed by atoms with Crippen LogP contribution < -0.4 is 20.1 Å². The summed E-state index contributed by atoms with van der Waals surface area (Å²) in [6.45, 7) is 2.19. The van der Waals surface area contributed by atoms with Gasteiger partial charge in [-0.2, -0.15) is 0 Å². The zero-order chi connectivity index (χ0) is 16.6. The first-order valence-corrected chi connectivity index (χ1v) is 8.26. The molecule has 3 rings (SSSR count). The molecule has 0 aromatic heterocycles. The molecule has 2 N–H and O–H groups in total. The van der Waals surface area contributed by atoms with Gasteiger partial charge >= 0.3 is 0 Å². The molecule has 0 spiro atoms. The predicted octanol–water partition coefficient (Wildman–Crippen LogP) is 3.08. The van der Waals surface area contributed by atoms with E-state index >= 15 is 0 Å². The van der Waals surface area contributed by atoms with Crippen molar-refractivity contribution in [1.29, 1.82) is 0 Å². The third-order valence-electron chi connectivity index (χ3n) is 3.78. The second kappa shape index (κ2) is 8.24.